The molecule has 1 fully saturated rings. The zero-order valence-electron chi connectivity index (χ0n) is 38.0. The SMILES string of the molecule is CC/N=c1/cc2oc3cc(NCC)c(C)cc3c(-c3cc(C(=O)NCCSSCCC(=O)NCC#Cc4cn([C@H]5C[C@H](OCN=[N+]=[N-])[C@@H](CO[PH](=O)O)O5)c(=O)[nH]c4=O)ccc3C(=O)O)c-2cc1C. The number of carbonyl (C=O) groups excluding carboxylic acids is 2. The van der Waals surface area contributed by atoms with E-state index in [1.54, 1.807) is 6.07 Å². The predicted molar refractivity (Wildman–Crippen MR) is 263 cm³/mol. The van der Waals surface area contributed by atoms with Gasteiger partial charge in [-0.3, -0.25) is 33.5 Å². The number of rotatable bonds is 21. The van der Waals surface area contributed by atoms with Crippen molar-refractivity contribution in [2.24, 2.45) is 10.1 Å². The molecule has 0 spiro atoms. The molecule has 3 heterocycles. The number of aromatic amines is 1. The number of fused-ring (bicyclic) bond motifs is 2. The van der Waals surface area contributed by atoms with E-state index in [0.717, 1.165) is 26.7 Å². The fourth-order valence-electron chi connectivity index (χ4n) is 7.50. The number of azide groups is 1. The molecular formula is C45H50N9O12PS2. The zero-order chi connectivity index (χ0) is 49.6. The molecule has 364 valence electrons. The van der Waals surface area contributed by atoms with Crippen LogP contribution in [0.5, 0.6) is 0 Å². The second-order valence-corrected chi connectivity index (χ2v) is 18.8. The Morgan fingerprint density at radius 1 is 1.07 bits per heavy atom. The minimum Gasteiger partial charge on any atom is -0.478 e. The molecular weight excluding hydrogens is 954 g/mol. The molecule has 0 radical (unpaired) electrons. The Labute approximate surface area is 403 Å². The first-order valence-electron chi connectivity index (χ1n) is 21.6. The first-order chi connectivity index (χ1) is 33.2. The summed E-state index contributed by atoms with van der Waals surface area (Å²) in [4.78, 5) is 82.4. The van der Waals surface area contributed by atoms with Gasteiger partial charge in [0, 0.05) is 95.0 Å². The Morgan fingerprint density at radius 3 is 2.61 bits per heavy atom. The number of aromatic carboxylic acids is 1. The summed E-state index contributed by atoms with van der Waals surface area (Å²) in [7, 11) is -0.397. The molecule has 1 aromatic heterocycles. The van der Waals surface area contributed by atoms with Crippen LogP contribution in [0, 0.1) is 25.7 Å². The third-order valence-corrected chi connectivity index (χ3v) is 13.5. The Morgan fingerprint density at radius 2 is 1.87 bits per heavy atom. The molecule has 6 rings (SSSR count). The third kappa shape index (κ3) is 13.5. The minimum atomic E-state index is -3.30. The van der Waals surface area contributed by atoms with Crippen LogP contribution in [0.2, 0.25) is 0 Å². The molecule has 1 saturated heterocycles. The van der Waals surface area contributed by atoms with Crippen LogP contribution in [-0.2, 0) is 23.4 Å². The molecule has 3 aromatic rings. The van der Waals surface area contributed by atoms with Gasteiger partial charge in [0.05, 0.1) is 30.2 Å². The number of aromatic nitrogens is 2. The van der Waals surface area contributed by atoms with Crippen molar-refractivity contribution in [3.63, 3.8) is 0 Å². The van der Waals surface area contributed by atoms with Gasteiger partial charge in [0.2, 0.25) is 5.91 Å². The van der Waals surface area contributed by atoms with E-state index in [9.17, 15) is 33.6 Å². The van der Waals surface area contributed by atoms with Gasteiger partial charge in [-0.1, -0.05) is 38.5 Å². The molecule has 2 aromatic carbocycles. The summed E-state index contributed by atoms with van der Waals surface area (Å²) in [6.45, 7) is 8.61. The second-order valence-electron chi connectivity index (χ2n) is 15.3. The van der Waals surface area contributed by atoms with Crippen LogP contribution in [-0.4, -0.2) is 101 Å². The van der Waals surface area contributed by atoms with Gasteiger partial charge in [-0.2, -0.15) is 0 Å². The summed E-state index contributed by atoms with van der Waals surface area (Å²) in [6, 6.07) is 12.2. The summed E-state index contributed by atoms with van der Waals surface area (Å²) in [5.74, 6) is 5.01. The highest BCUT2D eigenvalue weighted by molar-refractivity contribution is 8.76. The Hall–Kier alpha value is -6.34. The number of carboxylic acids is 1. The number of benzene rings is 3. The van der Waals surface area contributed by atoms with Gasteiger partial charge in [0.25, 0.3) is 11.5 Å². The normalized spacial score (nSPS) is 16.1. The van der Waals surface area contributed by atoms with E-state index in [1.165, 1.54) is 39.9 Å². The molecule has 2 aliphatic heterocycles. The van der Waals surface area contributed by atoms with Crippen molar-refractivity contribution >= 4 is 64.3 Å². The van der Waals surface area contributed by atoms with Crippen molar-refractivity contribution in [1.82, 2.24) is 20.2 Å². The van der Waals surface area contributed by atoms with Gasteiger partial charge < -0.3 is 44.4 Å². The number of ether oxygens (including phenoxy) is 2. The monoisotopic (exact) mass is 1000 g/mol. The van der Waals surface area contributed by atoms with E-state index < -0.39 is 43.9 Å². The topological polar surface area (TPSA) is 302 Å². The first kappa shape index (κ1) is 52.0. The van der Waals surface area contributed by atoms with Crippen molar-refractivity contribution in [3.8, 4) is 34.3 Å². The molecule has 69 heavy (non-hydrogen) atoms. The highest BCUT2D eigenvalue weighted by atomic mass is 33.1. The molecule has 3 aliphatic rings. The van der Waals surface area contributed by atoms with Gasteiger partial charge in [-0.25, -0.2) is 9.59 Å². The Kier molecular flexibility index (Phi) is 18.7. The fourth-order valence-corrected chi connectivity index (χ4v) is 9.71. The van der Waals surface area contributed by atoms with Crippen molar-refractivity contribution < 1.29 is 47.4 Å². The van der Waals surface area contributed by atoms with Crippen molar-refractivity contribution in [2.45, 2.75) is 59.0 Å². The largest absolute Gasteiger partial charge is 0.478 e. The van der Waals surface area contributed by atoms with E-state index in [0.29, 0.717) is 64.6 Å². The highest BCUT2D eigenvalue weighted by Crippen LogP contribution is 2.43. The van der Waals surface area contributed by atoms with Crippen molar-refractivity contribution in [1.29, 1.82) is 0 Å². The Bertz CT molecular complexity index is 3020. The number of amides is 2. The minimum absolute atomic E-state index is 0.0290. The second kappa shape index (κ2) is 24.8. The molecule has 4 atom stereocenters. The van der Waals surface area contributed by atoms with Crippen molar-refractivity contribution in [3.05, 3.63) is 113 Å². The summed E-state index contributed by atoms with van der Waals surface area (Å²) >= 11 is 0. The smallest absolute Gasteiger partial charge is 0.336 e. The molecule has 1 unspecified atom stereocenters. The molecule has 0 bridgehead atoms. The standard InChI is InChI=1S/C45H50N9O12PS2/c1-5-47-33-19-35-31(16-25(33)3)41(32-17-26(4)34(48-6-2)20-36(32)65-35)30-18-27(9-10-29(30)44(58)59)42(56)50-13-15-69-68-14-11-39(55)49-12-7-8-28-22-54(45(60)52-43(28)57)40-21-37(63-24-51-53-46)38(66-40)23-64-67(61)62/h9-10,16-20,22,37-38,40,47,67H,5-6,11-15,21,23-24H2,1-4H3,(H,49,55)(H,50,56)(H,58,59)(H,61,62)(H,52,57,60)/b48-34-/t37-,38+,40+/m0/s1. The number of hydrogen-bond acceptors (Lipinski definition) is 15. The number of nitrogens with one attached hydrogen (secondary N) is 4. The molecule has 2 amide bonds. The number of carbonyl (C=O) groups is 3. The van der Waals surface area contributed by atoms with Crippen LogP contribution in [0.4, 0.5) is 5.69 Å². The maximum Gasteiger partial charge on any atom is 0.336 e. The quantitative estimate of drug-likeness (QED) is 0.00748. The lowest BCUT2D eigenvalue weighted by Crippen LogP contribution is -2.33. The van der Waals surface area contributed by atoms with Crippen LogP contribution in [0.1, 0.15) is 70.3 Å². The number of carboxylic acid groups (broad SMARTS) is 1. The van der Waals surface area contributed by atoms with Gasteiger partial charge in [-0.05, 0) is 80.2 Å². The maximum absolute atomic E-state index is 13.5. The van der Waals surface area contributed by atoms with Crippen LogP contribution < -0.4 is 32.6 Å². The third-order valence-electron chi connectivity index (χ3n) is 10.7. The molecule has 1 aliphatic carbocycles. The van der Waals surface area contributed by atoms with Crippen LogP contribution in [0.15, 0.2) is 72.8 Å². The number of anilines is 1. The lowest BCUT2D eigenvalue weighted by atomic mass is 9.88. The Balaban J connectivity index is 1.02. The van der Waals surface area contributed by atoms with Crippen LogP contribution in [0.25, 0.3) is 43.9 Å². The van der Waals surface area contributed by atoms with Crippen LogP contribution >= 0.6 is 29.8 Å². The van der Waals surface area contributed by atoms with Crippen LogP contribution in [0.3, 0.4) is 0 Å². The lowest BCUT2D eigenvalue weighted by Gasteiger charge is -2.20. The first-order valence-corrected chi connectivity index (χ1v) is 25.4. The number of aryl methyl sites for hydroxylation is 2. The zero-order valence-corrected chi connectivity index (χ0v) is 40.6. The maximum atomic E-state index is 13.5. The average Bonchev–Trinajstić information content (AvgIpc) is 3.72. The summed E-state index contributed by atoms with van der Waals surface area (Å²) in [5, 5.41) is 24.1. The van der Waals surface area contributed by atoms with Gasteiger partial charge in [0.15, 0.2) is 0 Å². The number of hydrogen-bond donors (Lipinski definition) is 6. The van der Waals surface area contributed by atoms with Gasteiger partial charge >= 0.3 is 19.9 Å². The number of H-pyrrole nitrogens is 1. The average molecular weight is 1000 g/mol. The molecule has 0 saturated carbocycles. The molecule has 6 N–H and O–H groups in total. The van der Waals surface area contributed by atoms with E-state index in [2.05, 4.69) is 47.8 Å². The highest BCUT2D eigenvalue weighted by Gasteiger charge is 2.38. The van der Waals surface area contributed by atoms with E-state index in [4.69, 9.17) is 28.8 Å². The predicted octanol–water partition coefficient (Wildman–Crippen LogP) is 5.73. The van der Waals surface area contributed by atoms with Gasteiger partial charge in [0.1, 0.15) is 36.0 Å². The van der Waals surface area contributed by atoms with E-state index in [-0.39, 0.29) is 61.2 Å². The fraction of sp³-hybridized carbons (Fsp3) is 0.378. The molecule has 24 heteroatoms. The summed E-state index contributed by atoms with van der Waals surface area (Å²) in [5.41, 5.74) is 12.2. The molecule has 21 nitrogen and oxygen atoms in total. The van der Waals surface area contributed by atoms with E-state index in [1.807, 2.05) is 52.0 Å². The van der Waals surface area contributed by atoms with Crippen molar-refractivity contribution in [2.75, 3.05) is 56.3 Å². The van der Waals surface area contributed by atoms with E-state index >= 15 is 0 Å². The summed E-state index contributed by atoms with van der Waals surface area (Å²) < 4.78 is 34.7. The lowest BCUT2D eigenvalue weighted by molar-refractivity contribution is -0.120. The summed E-state index contributed by atoms with van der Waals surface area (Å²) in [6.07, 6.45) is -1.26. The van der Waals surface area contributed by atoms with Gasteiger partial charge in [-0.15, -0.1) is 0 Å². The number of nitrogens with zero attached hydrogens (tertiary/aromatic N) is 5.